The van der Waals surface area contributed by atoms with E-state index in [2.05, 4.69) is 30.3 Å². The molecule has 1 fully saturated rings. The highest BCUT2D eigenvalue weighted by Gasteiger charge is 2.18. The summed E-state index contributed by atoms with van der Waals surface area (Å²) >= 11 is 0. The summed E-state index contributed by atoms with van der Waals surface area (Å²) in [5, 5.41) is 3.49. The molecule has 18 heavy (non-hydrogen) atoms. The van der Waals surface area contributed by atoms with Gasteiger partial charge in [0.05, 0.1) is 0 Å². The van der Waals surface area contributed by atoms with Crippen molar-refractivity contribution in [3.8, 4) is 0 Å². The Morgan fingerprint density at radius 2 is 2.06 bits per heavy atom. The van der Waals surface area contributed by atoms with Crippen molar-refractivity contribution in [2.24, 2.45) is 0 Å². The number of benzene rings is 1. The maximum Gasteiger partial charge on any atom is 0.0391 e. The summed E-state index contributed by atoms with van der Waals surface area (Å²) in [6, 6.07) is 6.85. The molecule has 0 unspecified atom stereocenters. The fourth-order valence-electron chi connectivity index (χ4n) is 2.74. The summed E-state index contributed by atoms with van der Waals surface area (Å²) < 4.78 is 0. The maximum absolute atomic E-state index is 5.90. The minimum atomic E-state index is 0.800. The maximum atomic E-state index is 5.90. The second kappa shape index (κ2) is 6.10. The van der Waals surface area contributed by atoms with Crippen LogP contribution >= 0.6 is 0 Å². The molecule has 3 N–H and O–H groups in total. The van der Waals surface area contributed by atoms with Crippen LogP contribution in [-0.2, 0) is 0 Å². The van der Waals surface area contributed by atoms with E-state index in [-0.39, 0.29) is 0 Å². The summed E-state index contributed by atoms with van der Waals surface area (Å²) in [5.41, 5.74) is 9.08. The average molecular weight is 247 g/mol. The SMILES string of the molecule is Cc1c(N)cccc1NCCN(C)C1CCCC1. The van der Waals surface area contributed by atoms with E-state index >= 15 is 0 Å². The van der Waals surface area contributed by atoms with Crippen molar-refractivity contribution in [3.05, 3.63) is 23.8 Å². The summed E-state index contributed by atoms with van der Waals surface area (Å²) in [5.74, 6) is 0. The van der Waals surface area contributed by atoms with Crippen molar-refractivity contribution < 1.29 is 0 Å². The third-order valence-corrected chi connectivity index (χ3v) is 4.10. The molecule has 1 saturated carbocycles. The normalized spacial score (nSPS) is 16.4. The molecule has 3 heteroatoms. The number of likely N-dealkylation sites (N-methyl/N-ethyl adjacent to an activating group) is 1. The van der Waals surface area contributed by atoms with Gasteiger partial charge in [0.25, 0.3) is 0 Å². The molecule has 1 aliphatic carbocycles. The van der Waals surface area contributed by atoms with Gasteiger partial charge in [0.2, 0.25) is 0 Å². The molecule has 0 amide bonds. The van der Waals surface area contributed by atoms with Crippen LogP contribution in [-0.4, -0.2) is 31.1 Å². The number of hydrogen-bond acceptors (Lipinski definition) is 3. The van der Waals surface area contributed by atoms with Crippen molar-refractivity contribution in [2.45, 2.75) is 38.6 Å². The zero-order chi connectivity index (χ0) is 13.0. The van der Waals surface area contributed by atoms with Gasteiger partial charge in [-0.3, -0.25) is 0 Å². The van der Waals surface area contributed by atoms with E-state index in [1.54, 1.807) is 0 Å². The number of nitrogens with zero attached hydrogens (tertiary/aromatic N) is 1. The smallest absolute Gasteiger partial charge is 0.0391 e. The van der Waals surface area contributed by atoms with Gasteiger partial charge in [0, 0.05) is 30.5 Å². The molecular weight excluding hydrogens is 222 g/mol. The van der Waals surface area contributed by atoms with E-state index in [4.69, 9.17) is 5.73 Å². The van der Waals surface area contributed by atoms with Crippen LogP contribution in [0.4, 0.5) is 11.4 Å². The molecule has 1 aromatic carbocycles. The quantitative estimate of drug-likeness (QED) is 0.786. The second-order valence-electron chi connectivity index (χ2n) is 5.37. The Bertz CT molecular complexity index is 383. The van der Waals surface area contributed by atoms with Crippen LogP contribution in [0.5, 0.6) is 0 Å². The standard InChI is InChI=1S/C15H25N3/c1-12-14(16)8-5-9-15(12)17-10-11-18(2)13-6-3-4-7-13/h5,8-9,13,17H,3-4,6-7,10-11,16H2,1-2H3. The number of nitrogens with one attached hydrogen (secondary N) is 1. The van der Waals surface area contributed by atoms with Gasteiger partial charge in [-0.15, -0.1) is 0 Å². The van der Waals surface area contributed by atoms with Gasteiger partial charge < -0.3 is 16.0 Å². The lowest BCUT2D eigenvalue weighted by Crippen LogP contribution is -2.33. The summed E-state index contributed by atoms with van der Waals surface area (Å²) in [4.78, 5) is 2.49. The number of rotatable bonds is 5. The Morgan fingerprint density at radius 1 is 1.33 bits per heavy atom. The molecule has 0 aliphatic heterocycles. The van der Waals surface area contributed by atoms with E-state index in [0.717, 1.165) is 36.1 Å². The minimum absolute atomic E-state index is 0.800. The first-order chi connectivity index (χ1) is 8.68. The van der Waals surface area contributed by atoms with Gasteiger partial charge in [-0.1, -0.05) is 18.9 Å². The zero-order valence-electron chi connectivity index (χ0n) is 11.6. The lowest BCUT2D eigenvalue weighted by Gasteiger charge is -2.24. The molecule has 1 aliphatic rings. The Labute approximate surface area is 110 Å². The molecule has 1 aromatic rings. The monoisotopic (exact) mass is 247 g/mol. The van der Waals surface area contributed by atoms with Gasteiger partial charge in [-0.25, -0.2) is 0 Å². The van der Waals surface area contributed by atoms with Crippen molar-refractivity contribution >= 4 is 11.4 Å². The van der Waals surface area contributed by atoms with Gasteiger partial charge >= 0.3 is 0 Å². The van der Waals surface area contributed by atoms with Crippen LogP contribution in [0.25, 0.3) is 0 Å². The van der Waals surface area contributed by atoms with Gasteiger partial charge in [-0.05, 0) is 44.5 Å². The summed E-state index contributed by atoms with van der Waals surface area (Å²) in [6.07, 6.45) is 5.54. The molecule has 2 rings (SSSR count). The highest BCUT2D eigenvalue weighted by Crippen LogP contribution is 2.23. The summed E-state index contributed by atoms with van der Waals surface area (Å²) in [6.45, 7) is 4.15. The fraction of sp³-hybridized carbons (Fsp3) is 0.600. The first kappa shape index (κ1) is 13.2. The predicted molar refractivity (Wildman–Crippen MR) is 79.0 cm³/mol. The third-order valence-electron chi connectivity index (χ3n) is 4.10. The number of nitrogen functional groups attached to an aromatic ring is 1. The molecule has 0 radical (unpaired) electrons. The topological polar surface area (TPSA) is 41.3 Å². The van der Waals surface area contributed by atoms with Crippen molar-refractivity contribution in [3.63, 3.8) is 0 Å². The van der Waals surface area contributed by atoms with E-state index in [0.29, 0.717) is 0 Å². The Kier molecular flexibility index (Phi) is 4.48. The fourth-order valence-corrected chi connectivity index (χ4v) is 2.74. The lowest BCUT2D eigenvalue weighted by molar-refractivity contribution is 0.254. The second-order valence-corrected chi connectivity index (χ2v) is 5.37. The molecule has 0 spiro atoms. The first-order valence-electron chi connectivity index (χ1n) is 6.97. The molecule has 0 saturated heterocycles. The van der Waals surface area contributed by atoms with E-state index in [1.807, 2.05) is 12.1 Å². The van der Waals surface area contributed by atoms with Crippen molar-refractivity contribution in [1.29, 1.82) is 0 Å². The van der Waals surface area contributed by atoms with Crippen LogP contribution in [0.1, 0.15) is 31.2 Å². The van der Waals surface area contributed by atoms with Gasteiger partial charge in [0.15, 0.2) is 0 Å². The van der Waals surface area contributed by atoms with E-state index < -0.39 is 0 Å². The van der Waals surface area contributed by atoms with Gasteiger partial charge in [-0.2, -0.15) is 0 Å². The minimum Gasteiger partial charge on any atom is -0.398 e. The highest BCUT2D eigenvalue weighted by molar-refractivity contribution is 5.62. The molecule has 3 nitrogen and oxygen atoms in total. The molecule has 0 heterocycles. The first-order valence-corrected chi connectivity index (χ1v) is 6.97. The lowest BCUT2D eigenvalue weighted by atomic mass is 10.1. The number of nitrogens with two attached hydrogens (primary N) is 1. The Morgan fingerprint density at radius 3 is 2.78 bits per heavy atom. The molecule has 100 valence electrons. The molecule has 0 aromatic heterocycles. The van der Waals surface area contributed by atoms with Gasteiger partial charge in [0.1, 0.15) is 0 Å². The van der Waals surface area contributed by atoms with Crippen molar-refractivity contribution in [1.82, 2.24) is 4.90 Å². The van der Waals surface area contributed by atoms with Crippen LogP contribution in [0.3, 0.4) is 0 Å². The zero-order valence-corrected chi connectivity index (χ0v) is 11.6. The molecule has 0 bridgehead atoms. The Balaban J connectivity index is 1.79. The average Bonchev–Trinajstić information content (AvgIpc) is 2.88. The third kappa shape index (κ3) is 3.16. The van der Waals surface area contributed by atoms with E-state index in [9.17, 15) is 0 Å². The number of hydrogen-bond donors (Lipinski definition) is 2. The van der Waals surface area contributed by atoms with E-state index in [1.165, 1.54) is 25.7 Å². The van der Waals surface area contributed by atoms with Crippen LogP contribution in [0.15, 0.2) is 18.2 Å². The molecule has 0 atom stereocenters. The highest BCUT2D eigenvalue weighted by atomic mass is 15.1. The van der Waals surface area contributed by atoms with Crippen LogP contribution in [0.2, 0.25) is 0 Å². The largest absolute Gasteiger partial charge is 0.398 e. The van der Waals surface area contributed by atoms with Crippen LogP contribution in [0, 0.1) is 6.92 Å². The van der Waals surface area contributed by atoms with Crippen LogP contribution < -0.4 is 11.1 Å². The Hall–Kier alpha value is -1.22. The van der Waals surface area contributed by atoms with Crippen molar-refractivity contribution in [2.75, 3.05) is 31.2 Å². The molecular formula is C15H25N3. The summed E-state index contributed by atoms with van der Waals surface area (Å²) in [7, 11) is 2.24. The predicted octanol–water partition coefficient (Wildman–Crippen LogP) is 2.86. The number of anilines is 2.